The highest BCUT2D eigenvalue weighted by Crippen LogP contribution is 2.31. The molecule has 2 heteroatoms. The van der Waals surface area contributed by atoms with E-state index in [-0.39, 0.29) is 0 Å². The Morgan fingerprint density at radius 1 is 1.38 bits per heavy atom. The molecule has 1 fully saturated rings. The molecule has 0 heterocycles. The monoisotopic (exact) mass is 223 g/mol. The minimum Gasteiger partial charge on any atom is -0.392 e. The Bertz CT molecular complexity index is 244. The second-order valence-corrected chi connectivity index (χ2v) is 5.89. The Morgan fingerprint density at radius 2 is 2.00 bits per heavy atom. The first-order valence-electron chi connectivity index (χ1n) is 6.32. The summed E-state index contributed by atoms with van der Waals surface area (Å²) in [5, 5.41) is 4.33. The van der Waals surface area contributed by atoms with Crippen LogP contribution in [0.25, 0.3) is 0 Å². The molecule has 0 aromatic carbocycles. The van der Waals surface area contributed by atoms with Crippen molar-refractivity contribution in [3.8, 4) is 0 Å². The van der Waals surface area contributed by atoms with Crippen molar-refractivity contribution in [2.75, 3.05) is 6.61 Å². The van der Waals surface area contributed by atoms with E-state index in [0.29, 0.717) is 17.9 Å². The molecule has 0 spiro atoms. The van der Waals surface area contributed by atoms with Crippen LogP contribution in [0.5, 0.6) is 0 Å². The van der Waals surface area contributed by atoms with Crippen LogP contribution in [-0.4, -0.2) is 12.3 Å². The zero-order chi connectivity index (χ0) is 12.0. The van der Waals surface area contributed by atoms with E-state index in [4.69, 9.17) is 4.84 Å². The lowest BCUT2D eigenvalue weighted by Gasteiger charge is -2.22. The van der Waals surface area contributed by atoms with Crippen molar-refractivity contribution >= 4 is 5.71 Å². The second kappa shape index (κ2) is 6.07. The minimum atomic E-state index is 0.291. The van der Waals surface area contributed by atoms with Gasteiger partial charge in [0.2, 0.25) is 0 Å². The maximum Gasteiger partial charge on any atom is 0.135 e. The molecule has 0 aromatic rings. The Balaban J connectivity index is 2.60. The van der Waals surface area contributed by atoms with Crippen LogP contribution in [-0.2, 0) is 4.84 Å². The summed E-state index contributed by atoms with van der Waals surface area (Å²) < 4.78 is 0. The Hall–Kier alpha value is -0.790. The molecule has 0 aromatic heterocycles. The predicted octanol–water partition coefficient (Wildman–Crippen LogP) is 4.17. The van der Waals surface area contributed by atoms with E-state index >= 15 is 0 Å². The van der Waals surface area contributed by atoms with Gasteiger partial charge in [-0.3, -0.25) is 0 Å². The summed E-state index contributed by atoms with van der Waals surface area (Å²) >= 11 is 0. The zero-order valence-corrected chi connectivity index (χ0v) is 11.0. The quantitative estimate of drug-likeness (QED) is 0.297. The molecule has 1 aliphatic rings. The summed E-state index contributed by atoms with van der Waals surface area (Å²) in [6.07, 6.45) is 8.03. The summed E-state index contributed by atoms with van der Waals surface area (Å²) in [4.78, 5) is 5.27. The summed E-state index contributed by atoms with van der Waals surface area (Å²) in [6.45, 7) is 10.9. The molecule has 0 unspecified atom stereocenters. The first-order chi connectivity index (χ1) is 7.53. The lowest BCUT2D eigenvalue weighted by Crippen LogP contribution is -2.20. The van der Waals surface area contributed by atoms with Gasteiger partial charge >= 0.3 is 0 Å². The fourth-order valence-corrected chi connectivity index (χ4v) is 2.23. The highest BCUT2D eigenvalue weighted by Gasteiger charge is 2.25. The molecule has 0 atom stereocenters. The first-order valence-corrected chi connectivity index (χ1v) is 6.32. The fraction of sp³-hybridized carbons (Fsp3) is 0.786. The van der Waals surface area contributed by atoms with Gasteiger partial charge in [-0.15, -0.1) is 0 Å². The second-order valence-electron chi connectivity index (χ2n) is 5.89. The van der Waals surface area contributed by atoms with Crippen LogP contribution in [0.3, 0.4) is 0 Å². The van der Waals surface area contributed by atoms with E-state index in [2.05, 4.69) is 32.5 Å². The van der Waals surface area contributed by atoms with Crippen molar-refractivity contribution in [3.63, 3.8) is 0 Å². The molecule has 0 bridgehead atoms. The molecule has 2 nitrogen and oxygen atoms in total. The van der Waals surface area contributed by atoms with Crippen LogP contribution >= 0.6 is 0 Å². The van der Waals surface area contributed by atoms with Crippen LogP contribution in [0.2, 0.25) is 0 Å². The molecular weight excluding hydrogens is 198 g/mol. The van der Waals surface area contributed by atoms with Gasteiger partial charge in [0, 0.05) is 5.92 Å². The van der Waals surface area contributed by atoms with Crippen LogP contribution in [0.4, 0.5) is 0 Å². The highest BCUT2D eigenvalue weighted by atomic mass is 16.6. The van der Waals surface area contributed by atoms with Gasteiger partial charge in [0.1, 0.15) is 6.61 Å². The number of nitrogens with zero attached hydrogens (tertiary/aromatic N) is 1. The molecule has 1 saturated carbocycles. The normalized spacial score (nSPS) is 18.8. The molecule has 0 N–H and O–H groups in total. The number of rotatable bonds is 5. The molecule has 0 radical (unpaired) electrons. The molecule has 0 saturated heterocycles. The highest BCUT2D eigenvalue weighted by molar-refractivity contribution is 5.87. The van der Waals surface area contributed by atoms with Crippen LogP contribution < -0.4 is 0 Å². The number of hydrogen-bond acceptors (Lipinski definition) is 2. The van der Waals surface area contributed by atoms with Gasteiger partial charge in [-0.1, -0.05) is 51.4 Å². The maximum atomic E-state index is 5.27. The van der Waals surface area contributed by atoms with E-state index in [0.717, 1.165) is 6.42 Å². The van der Waals surface area contributed by atoms with Crippen LogP contribution in [0.1, 0.15) is 52.9 Å². The summed E-state index contributed by atoms with van der Waals surface area (Å²) in [5.74, 6) is 0.657. The average molecular weight is 223 g/mol. The Morgan fingerprint density at radius 3 is 2.50 bits per heavy atom. The van der Waals surface area contributed by atoms with Crippen molar-refractivity contribution in [1.82, 2.24) is 0 Å². The molecule has 1 aliphatic carbocycles. The number of hydrogen-bond donors (Lipinski definition) is 0. The van der Waals surface area contributed by atoms with E-state index in [9.17, 15) is 0 Å². The topological polar surface area (TPSA) is 21.6 Å². The van der Waals surface area contributed by atoms with Gasteiger partial charge in [-0.2, -0.15) is 0 Å². The van der Waals surface area contributed by atoms with Gasteiger partial charge in [0.05, 0.1) is 5.71 Å². The van der Waals surface area contributed by atoms with Crippen molar-refractivity contribution in [3.05, 3.63) is 12.7 Å². The molecule has 0 aliphatic heterocycles. The fourth-order valence-electron chi connectivity index (χ4n) is 2.23. The standard InChI is InChI=1S/C14H25NO/c1-5-10-16-15-13(11-14(2,3)4)12-8-6-7-9-12/h5,12H,1,6-11H2,2-4H3/b15-13+. The van der Waals surface area contributed by atoms with E-state index in [1.54, 1.807) is 6.08 Å². The molecular formula is C14H25NO. The predicted molar refractivity (Wildman–Crippen MR) is 69.6 cm³/mol. The lowest BCUT2D eigenvalue weighted by atomic mass is 9.84. The largest absolute Gasteiger partial charge is 0.392 e. The van der Waals surface area contributed by atoms with E-state index in [1.807, 2.05) is 0 Å². The SMILES string of the molecule is C=CCO/N=C(\CC(C)(C)C)C1CCCC1. The van der Waals surface area contributed by atoms with Gasteiger partial charge < -0.3 is 4.84 Å². The van der Waals surface area contributed by atoms with Crippen molar-refractivity contribution in [2.24, 2.45) is 16.5 Å². The zero-order valence-electron chi connectivity index (χ0n) is 11.0. The molecule has 92 valence electrons. The Labute approximate surface area is 99.8 Å². The lowest BCUT2D eigenvalue weighted by molar-refractivity contribution is 0.170. The van der Waals surface area contributed by atoms with Gasteiger partial charge in [-0.05, 0) is 24.7 Å². The summed E-state index contributed by atoms with van der Waals surface area (Å²) in [5.41, 5.74) is 1.55. The molecule has 0 amide bonds. The summed E-state index contributed by atoms with van der Waals surface area (Å²) in [6, 6.07) is 0. The van der Waals surface area contributed by atoms with Crippen molar-refractivity contribution in [2.45, 2.75) is 52.9 Å². The third kappa shape index (κ3) is 4.82. The van der Waals surface area contributed by atoms with Gasteiger partial charge in [0.25, 0.3) is 0 Å². The number of oxime groups is 1. The van der Waals surface area contributed by atoms with Crippen molar-refractivity contribution < 1.29 is 4.84 Å². The average Bonchev–Trinajstić information content (AvgIpc) is 2.67. The van der Waals surface area contributed by atoms with Crippen LogP contribution in [0.15, 0.2) is 17.8 Å². The molecule has 1 rings (SSSR count). The Kier molecular flexibility index (Phi) is 5.04. The van der Waals surface area contributed by atoms with Crippen molar-refractivity contribution in [1.29, 1.82) is 0 Å². The van der Waals surface area contributed by atoms with E-state index in [1.165, 1.54) is 31.4 Å². The van der Waals surface area contributed by atoms with Gasteiger partial charge in [0.15, 0.2) is 0 Å². The first kappa shape index (κ1) is 13.3. The third-order valence-corrected chi connectivity index (χ3v) is 2.91. The molecule has 16 heavy (non-hydrogen) atoms. The van der Waals surface area contributed by atoms with E-state index < -0.39 is 0 Å². The third-order valence-electron chi connectivity index (χ3n) is 2.91. The van der Waals surface area contributed by atoms with Crippen LogP contribution in [0, 0.1) is 11.3 Å². The summed E-state index contributed by atoms with van der Waals surface area (Å²) in [7, 11) is 0. The smallest absolute Gasteiger partial charge is 0.135 e. The van der Waals surface area contributed by atoms with Gasteiger partial charge in [-0.25, -0.2) is 0 Å². The minimum absolute atomic E-state index is 0.291. The maximum absolute atomic E-state index is 5.27.